The van der Waals surface area contributed by atoms with Crippen LogP contribution in [0.1, 0.15) is 32.7 Å². The van der Waals surface area contributed by atoms with Crippen molar-refractivity contribution in [3.63, 3.8) is 0 Å². The molecule has 1 fully saturated rings. The number of amides is 1. The monoisotopic (exact) mass is 398 g/mol. The van der Waals surface area contributed by atoms with Crippen LogP contribution in [-0.2, 0) is 11.2 Å². The van der Waals surface area contributed by atoms with E-state index in [1.165, 1.54) is 17.4 Å². The zero-order valence-electron chi connectivity index (χ0n) is 15.0. The van der Waals surface area contributed by atoms with E-state index < -0.39 is 0 Å². The molecule has 1 amide bonds. The van der Waals surface area contributed by atoms with Gasteiger partial charge in [0.2, 0.25) is 0 Å². The second-order valence-electron chi connectivity index (χ2n) is 6.60. The van der Waals surface area contributed by atoms with Gasteiger partial charge in [-0.05, 0) is 29.3 Å². The number of carbonyl (C=O) groups excluding carboxylic acids is 1. The Morgan fingerprint density at radius 3 is 2.96 bits per heavy atom. The van der Waals surface area contributed by atoms with Gasteiger partial charge in [-0.1, -0.05) is 30.3 Å². The van der Waals surface area contributed by atoms with Gasteiger partial charge in [0.25, 0.3) is 5.91 Å². The van der Waals surface area contributed by atoms with E-state index in [1.54, 1.807) is 46.7 Å². The Morgan fingerprint density at radius 2 is 2.14 bits per heavy atom. The van der Waals surface area contributed by atoms with Gasteiger partial charge in [-0.25, -0.2) is 9.37 Å². The van der Waals surface area contributed by atoms with Gasteiger partial charge < -0.3 is 14.7 Å². The number of halogens is 1. The molecule has 28 heavy (non-hydrogen) atoms. The van der Waals surface area contributed by atoms with Crippen molar-refractivity contribution < 1.29 is 19.0 Å². The lowest BCUT2D eigenvalue weighted by molar-refractivity contribution is -0.0230. The maximum absolute atomic E-state index is 13.8. The molecule has 7 heteroatoms. The van der Waals surface area contributed by atoms with Crippen LogP contribution < -0.4 is 0 Å². The van der Waals surface area contributed by atoms with Crippen LogP contribution in [0.2, 0.25) is 0 Å². The van der Waals surface area contributed by atoms with E-state index in [-0.39, 0.29) is 23.6 Å². The van der Waals surface area contributed by atoms with E-state index in [9.17, 15) is 14.3 Å². The van der Waals surface area contributed by atoms with Crippen LogP contribution in [0.25, 0.3) is 0 Å². The van der Waals surface area contributed by atoms with E-state index in [0.717, 1.165) is 5.56 Å². The van der Waals surface area contributed by atoms with Crippen molar-refractivity contribution in [2.24, 2.45) is 0 Å². The number of aromatic nitrogens is 1. The summed E-state index contributed by atoms with van der Waals surface area (Å²) in [5, 5.41) is 12.1. The molecular weight excluding hydrogens is 379 g/mol. The Morgan fingerprint density at radius 1 is 1.29 bits per heavy atom. The molecule has 2 heterocycles. The first-order chi connectivity index (χ1) is 13.6. The van der Waals surface area contributed by atoms with Gasteiger partial charge in [0.1, 0.15) is 23.4 Å². The minimum atomic E-state index is -0.290. The Hall–Kier alpha value is -2.77. The van der Waals surface area contributed by atoms with Crippen molar-refractivity contribution in [1.29, 1.82) is 0 Å². The number of thiazole rings is 1. The number of phenols is 1. The summed E-state index contributed by atoms with van der Waals surface area (Å²) in [6.45, 7) is 1.29. The molecule has 3 aromatic rings. The second-order valence-corrected chi connectivity index (χ2v) is 7.54. The minimum Gasteiger partial charge on any atom is -0.508 e. The summed E-state index contributed by atoms with van der Waals surface area (Å²) >= 11 is 1.35. The number of ether oxygens (including phenoxy) is 1. The summed E-state index contributed by atoms with van der Waals surface area (Å²) in [6.07, 6.45) is 0.0703. The topological polar surface area (TPSA) is 62.7 Å². The van der Waals surface area contributed by atoms with Crippen molar-refractivity contribution in [2.45, 2.75) is 12.5 Å². The third-order valence-corrected chi connectivity index (χ3v) is 5.51. The first-order valence-corrected chi connectivity index (χ1v) is 9.86. The van der Waals surface area contributed by atoms with E-state index in [4.69, 9.17) is 4.74 Å². The van der Waals surface area contributed by atoms with Gasteiger partial charge >= 0.3 is 0 Å². The molecule has 1 saturated heterocycles. The number of morpholine rings is 1. The first kappa shape index (κ1) is 18.6. The quantitative estimate of drug-likeness (QED) is 0.726. The fourth-order valence-corrected chi connectivity index (χ4v) is 4.01. The lowest BCUT2D eigenvalue weighted by Gasteiger charge is -2.32. The molecule has 1 aliphatic heterocycles. The average Bonchev–Trinajstić information content (AvgIpc) is 3.18. The van der Waals surface area contributed by atoms with Crippen LogP contribution >= 0.6 is 11.3 Å². The summed E-state index contributed by atoms with van der Waals surface area (Å²) in [5.41, 5.74) is 1.76. The Bertz CT molecular complexity index is 991. The standard InChI is InChI=1S/C21H19FN2O3S/c22-17-7-2-1-4-14(17)11-20-23-18(13-28-20)21(26)24-8-9-27-19(12-24)15-5-3-6-16(25)10-15/h1-7,10,13,19,25H,8-9,11-12H2. The maximum atomic E-state index is 13.8. The van der Waals surface area contributed by atoms with Gasteiger partial charge in [0.15, 0.2) is 0 Å². The van der Waals surface area contributed by atoms with Crippen LogP contribution in [0, 0.1) is 5.82 Å². The molecule has 0 bridgehead atoms. The maximum Gasteiger partial charge on any atom is 0.273 e. The normalized spacial score (nSPS) is 16.9. The van der Waals surface area contributed by atoms with Gasteiger partial charge in [0, 0.05) is 18.3 Å². The highest BCUT2D eigenvalue weighted by Gasteiger charge is 2.27. The zero-order valence-corrected chi connectivity index (χ0v) is 15.9. The third-order valence-electron chi connectivity index (χ3n) is 4.67. The number of carbonyl (C=O) groups is 1. The highest BCUT2D eigenvalue weighted by Crippen LogP contribution is 2.26. The number of rotatable bonds is 4. The molecule has 1 aliphatic rings. The highest BCUT2D eigenvalue weighted by molar-refractivity contribution is 7.09. The smallest absolute Gasteiger partial charge is 0.273 e. The second kappa shape index (κ2) is 8.08. The number of benzene rings is 2. The van der Waals surface area contributed by atoms with Crippen LogP contribution in [0.3, 0.4) is 0 Å². The molecule has 5 nitrogen and oxygen atoms in total. The van der Waals surface area contributed by atoms with E-state index in [2.05, 4.69) is 4.98 Å². The number of nitrogens with zero attached hydrogens (tertiary/aromatic N) is 2. The summed E-state index contributed by atoms with van der Waals surface area (Å²) in [4.78, 5) is 19.0. The predicted octanol–water partition coefficient (Wildman–Crippen LogP) is 3.79. The molecule has 0 spiro atoms. The summed E-state index contributed by atoms with van der Waals surface area (Å²) in [5.74, 6) is -0.265. The number of phenolic OH excluding ortho intramolecular Hbond substituents is 1. The molecular formula is C21H19FN2O3S. The molecule has 0 radical (unpaired) electrons. The average molecular weight is 398 g/mol. The fourth-order valence-electron chi connectivity index (χ4n) is 3.22. The summed E-state index contributed by atoms with van der Waals surface area (Å²) in [7, 11) is 0. The predicted molar refractivity (Wildman–Crippen MR) is 104 cm³/mol. The fraction of sp³-hybridized carbons (Fsp3) is 0.238. The van der Waals surface area contributed by atoms with Crippen molar-refractivity contribution in [3.8, 4) is 5.75 Å². The zero-order chi connectivity index (χ0) is 19.5. The molecule has 1 aromatic heterocycles. The van der Waals surface area contributed by atoms with Crippen LogP contribution in [-0.4, -0.2) is 40.6 Å². The van der Waals surface area contributed by atoms with Crippen LogP contribution in [0.15, 0.2) is 53.9 Å². The Labute approximate surface area is 166 Å². The largest absolute Gasteiger partial charge is 0.508 e. The van der Waals surface area contributed by atoms with Crippen molar-refractivity contribution in [1.82, 2.24) is 9.88 Å². The molecule has 144 valence electrons. The van der Waals surface area contributed by atoms with Gasteiger partial charge in [-0.2, -0.15) is 0 Å². The molecule has 0 aliphatic carbocycles. The van der Waals surface area contributed by atoms with E-state index in [1.807, 2.05) is 6.07 Å². The summed E-state index contributed by atoms with van der Waals surface area (Å²) < 4.78 is 19.6. The lowest BCUT2D eigenvalue weighted by Crippen LogP contribution is -2.42. The lowest BCUT2D eigenvalue weighted by atomic mass is 10.1. The molecule has 1 atom stereocenters. The van der Waals surface area contributed by atoms with Crippen molar-refractivity contribution in [3.05, 3.63) is 81.6 Å². The first-order valence-electron chi connectivity index (χ1n) is 8.98. The third kappa shape index (κ3) is 4.05. The van der Waals surface area contributed by atoms with Crippen molar-refractivity contribution >= 4 is 17.2 Å². The van der Waals surface area contributed by atoms with Crippen molar-refractivity contribution in [2.75, 3.05) is 19.7 Å². The number of aromatic hydroxyl groups is 1. The van der Waals surface area contributed by atoms with Crippen LogP contribution in [0.5, 0.6) is 5.75 Å². The van der Waals surface area contributed by atoms with Crippen LogP contribution in [0.4, 0.5) is 4.39 Å². The molecule has 0 saturated carbocycles. The molecule has 1 N–H and O–H groups in total. The van der Waals surface area contributed by atoms with E-state index in [0.29, 0.717) is 42.4 Å². The molecule has 4 rings (SSSR count). The van der Waals surface area contributed by atoms with Gasteiger partial charge in [0.05, 0.1) is 18.2 Å². The Balaban J connectivity index is 1.46. The SMILES string of the molecule is O=C(c1csc(Cc2ccccc2F)n1)N1CCOC(c2cccc(O)c2)C1. The highest BCUT2D eigenvalue weighted by atomic mass is 32.1. The Kier molecular flexibility index (Phi) is 5.36. The number of hydrogen-bond acceptors (Lipinski definition) is 5. The molecule has 2 aromatic carbocycles. The summed E-state index contributed by atoms with van der Waals surface area (Å²) in [6, 6.07) is 13.4. The van der Waals surface area contributed by atoms with Gasteiger partial charge in [-0.15, -0.1) is 11.3 Å². The van der Waals surface area contributed by atoms with E-state index >= 15 is 0 Å². The number of hydrogen-bond donors (Lipinski definition) is 1. The van der Waals surface area contributed by atoms with Gasteiger partial charge in [-0.3, -0.25) is 4.79 Å². The minimum absolute atomic E-state index is 0.163. The molecule has 1 unspecified atom stereocenters.